The minimum Gasteiger partial charge on any atom is -0.372 e. The van der Waals surface area contributed by atoms with Crippen molar-refractivity contribution in [2.24, 2.45) is 5.92 Å². The van der Waals surface area contributed by atoms with E-state index in [1.807, 2.05) is 6.07 Å². The third-order valence-electron chi connectivity index (χ3n) is 6.18. The molecule has 0 spiro atoms. The van der Waals surface area contributed by atoms with Crippen LogP contribution in [0.25, 0.3) is 0 Å². The van der Waals surface area contributed by atoms with Crippen LogP contribution < -0.4 is 20.0 Å². The van der Waals surface area contributed by atoms with Crippen LogP contribution in [0.15, 0.2) is 30.3 Å². The summed E-state index contributed by atoms with van der Waals surface area (Å²) in [7, 11) is 0. The second-order valence-electron chi connectivity index (χ2n) is 8.36. The van der Waals surface area contributed by atoms with Gasteiger partial charge >= 0.3 is 0 Å². The van der Waals surface area contributed by atoms with Gasteiger partial charge in [-0.15, -0.1) is 10.2 Å². The molecule has 1 atom stereocenters. The molecule has 0 saturated carbocycles. The third kappa shape index (κ3) is 5.38. The first kappa shape index (κ1) is 22.5. The zero-order valence-electron chi connectivity index (χ0n) is 18.7. The molecular weight excluding hydrogens is 424 g/mol. The van der Waals surface area contributed by atoms with Gasteiger partial charge in [0.1, 0.15) is 0 Å². The average Bonchev–Trinajstić information content (AvgIpc) is 3.48. The van der Waals surface area contributed by atoms with E-state index >= 15 is 0 Å². The number of hydrogen-bond donors (Lipinski definition) is 1. The van der Waals surface area contributed by atoms with Crippen LogP contribution in [0.1, 0.15) is 39.0 Å². The van der Waals surface area contributed by atoms with E-state index in [9.17, 15) is 9.59 Å². The van der Waals surface area contributed by atoms with Gasteiger partial charge in [-0.25, -0.2) is 0 Å². The van der Waals surface area contributed by atoms with Crippen LogP contribution in [0.4, 0.5) is 16.0 Å². The number of carbonyl (C=O) groups is 2. The van der Waals surface area contributed by atoms with Crippen molar-refractivity contribution in [2.75, 3.05) is 54.0 Å². The molecule has 1 aromatic heterocycles. The molecule has 0 bridgehead atoms. The number of nitrogens with zero attached hydrogens (tertiary/aromatic N) is 5. The van der Waals surface area contributed by atoms with Crippen molar-refractivity contribution in [3.63, 3.8) is 0 Å². The fraction of sp³-hybridized carbons (Fsp3) is 0.565. The molecule has 2 aromatic rings. The van der Waals surface area contributed by atoms with Gasteiger partial charge in [0, 0.05) is 51.4 Å². The normalized spacial score (nSPS) is 18.8. The Morgan fingerprint density at radius 1 is 1.19 bits per heavy atom. The molecule has 0 aliphatic carbocycles. The highest BCUT2D eigenvalue weighted by atomic mass is 32.1. The molecule has 1 unspecified atom stereocenters. The SMILES string of the molecule is CCN(CCCNC(=O)C1CCCN(c2nnc(N3CCCC3=O)s2)C1)c1ccccc1. The van der Waals surface area contributed by atoms with Crippen molar-refractivity contribution in [1.82, 2.24) is 15.5 Å². The molecule has 2 fully saturated rings. The lowest BCUT2D eigenvalue weighted by Crippen LogP contribution is -2.43. The summed E-state index contributed by atoms with van der Waals surface area (Å²) in [6, 6.07) is 10.4. The lowest BCUT2D eigenvalue weighted by atomic mass is 9.97. The Balaban J connectivity index is 1.24. The summed E-state index contributed by atoms with van der Waals surface area (Å²) >= 11 is 1.45. The molecule has 2 amide bonds. The van der Waals surface area contributed by atoms with Gasteiger partial charge in [0.05, 0.1) is 5.92 Å². The standard InChI is InChI=1S/C23H32N6O2S/c1-2-27(19-10-4-3-5-11-19)15-8-13-24-21(31)18-9-6-14-28(17-18)22-25-26-23(32-22)29-16-7-12-20(29)30/h3-5,10-11,18H,2,6-9,12-17H2,1H3,(H,24,31). The lowest BCUT2D eigenvalue weighted by Gasteiger charge is -2.31. The molecule has 1 aromatic carbocycles. The summed E-state index contributed by atoms with van der Waals surface area (Å²) in [6.45, 7) is 6.94. The molecule has 2 saturated heterocycles. The van der Waals surface area contributed by atoms with E-state index in [2.05, 4.69) is 56.5 Å². The maximum Gasteiger partial charge on any atom is 0.228 e. The Hall–Kier alpha value is -2.68. The summed E-state index contributed by atoms with van der Waals surface area (Å²) in [5.41, 5.74) is 1.22. The van der Waals surface area contributed by atoms with Crippen LogP contribution in [-0.2, 0) is 9.59 Å². The molecule has 9 heteroatoms. The highest BCUT2D eigenvalue weighted by Crippen LogP contribution is 2.32. The van der Waals surface area contributed by atoms with Crippen LogP contribution in [0.5, 0.6) is 0 Å². The Labute approximate surface area is 193 Å². The van der Waals surface area contributed by atoms with E-state index in [4.69, 9.17) is 0 Å². The highest BCUT2D eigenvalue weighted by Gasteiger charge is 2.29. The number of carbonyl (C=O) groups excluding carboxylic acids is 2. The molecule has 172 valence electrons. The minimum absolute atomic E-state index is 0.0408. The van der Waals surface area contributed by atoms with Gasteiger partial charge in [0.25, 0.3) is 0 Å². The zero-order chi connectivity index (χ0) is 22.3. The zero-order valence-corrected chi connectivity index (χ0v) is 19.5. The Morgan fingerprint density at radius 2 is 2.00 bits per heavy atom. The van der Waals surface area contributed by atoms with Gasteiger partial charge in [-0.3, -0.25) is 14.5 Å². The number of anilines is 3. The third-order valence-corrected chi connectivity index (χ3v) is 7.18. The van der Waals surface area contributed by atoms with Crippen LogP contribution in [0, 0.1) is 5.92 Å². The Bertz CT molecular complexity index is 905. The summed E-state index contributed by atoms with van der Waals surface area (Å²) in [5.74, 6) is 0.204. The van der Waals surface area contributed by atoms with Crippen molar-refractivity contribution in [1.29, 1.82) is 0 Å². The second kappa shape index (κ2) is 10.8. The largest absolute Gasteiger partial charge is 0.372 e. The molecule has 4 rings (SSSR count). The van der Waals surface area contributed by atoms with E-state index in [0.29, 0.717) is 24.6 Å². The van der Waals surface area contributed by atoms with Gasteiger partial charge in [0.15, 0.2) is 0 Å². The molecule has 3 heterocycles. The van der Waals surface area contributed by atoms with Gasteiger partial charge in [-0.05, 0) is 44.7 Å². The number of nitrogens with one attached hydrogen (secondary N) is 1. The summed E-state index contributed by atoms with van der Waals surface area (Å²) in [4.78, 5) is 30.9. The first-order chi connectivity index (χ1) is 15.7. The van der Waals surface area contributed by atoms with Crippen molar-refractivity contribution in [3.05, 3.63) is 30.3 Å². The van der Waals surface area contributed by atoms with Gasteiger partial charge in [-0.2, -0.15) is 0 Å². The van der Waals surface area contributed by atoms with E-state index in [1.165, 1.54) is 17.0 Å². The van der Waals surface area contributed by atoms with E-state index in [-0.39, 0.29) is 17.7 Å². The van der Waals surface area contributed by atoms with Gasteiger partial charge < -0.3 is 15.1 Å². The van der Waals surface area contributed by atoms with Crippen LogP contribution in [0.2, 0.25) is 0 Å². The predicted octanol–water partition coefficient (Wildman–Crippen LogP) is 2.91. The molecule has 2 aliphatic heterocycles. The number of benzene rings is 1. The van der Waals surface area contributed by atoms with Crippen LogP contribution >= 0.6 is 11.3 Å². The number of rotatable bonds is 9. The van der Waals surface area contributed by atoms with Crippen molar-refractivity contribution < 1.29 is 9.59 Å². The molecule has 2 aliphatic rings. The van der Waals surface area contributed by atoms with Crippen molar-refractivity contribution in [3.8, 4) is 0 Å². The van der Waals surface area contributed by atoms with E-state index < -0.39 is 0 Å². The van der Waals surface area contributed by atoms with Crippen molar-refractivity contribution >= 4 is 39.1 Å². The van der Waals surface area contributed by atoms with Crippen molar-refractivity contribution in [2.45, 2.75) is 39.0 Å². The topological polar surface area (TPSA) is 81.7 Å². The monoisotopic (exact) mass is 456 g/mol. The molecule has 0 radical (unpaired) electrons. The van der Waals surface area contributed by atoms with Crippen LogP contribution in [-0.4, -0.2) is 61.3 Å². The van der Waals surface area contributed by atoms with Gasteiger partial charge in [-0.1, -0.05) is 29.5 Å². The smallest absolute Gasteiger partial charge is 0.228 e. The molecule has 32 heavy (non-hydrogen) atoms. The number of para-hydroxylation sites is 1. The Morgan fingerprint density at radius 3 is 2.75 bits per heavy atom. The van der Waals surface area contributed by atoms with E-state index in [1.54, 1.807) is 4.90 Å². The summed E-state index contributed by atoms with van der Waals surface area (Å²) in [5, 5.41) is 13.2. The fourth-order valence-electron chi connectivity index (χ4n) is 4.39. The summed E-state index contributed by atoms with van der Waals surface area (Å²) < 4.78 is 0. The average molecular weight is 457 g/mol. The molecule has 1 N–H and O–H groups in total. The quantitative estimate of drug-likeness (QED) is 0.585. The maximum absolute atomic E-state index is 12.8. The molecular formula is C23H32N6O2S. The number of hydrogen-bond acceptors (Lipinski definition) is 7. The highest BCUT2D eigenvalue weighted by molar-refractivity contribution is 7.19. The predicted molar refractivity (Wildman–Crippen MR) is 128 cm³/mol. The first-order valence-corrected chi connectivity index (χ1v) is 12.4. The summed E-state index contributed by atoms with van der Waals surface area (Å²) in [6.07, 6.45) is 4.22. The number of aromatic nitrogens is 2. The number of piperidine rings is 1. The maximum atomic E-state index is 12.8. The second-order valence-corrected chi connectivity index (χ2v) is 9.30. The Kier molecular flexibility index (Phi) is 7.57. The lowest BCUT2D eigenvalue weighted by molar-refractivity contribution is -0.125. The van der Waals surface area contributed by atoms with Crippen LogP contribution in [0.3, 0.4) is 0 Å². The number of amides is 2. The van der Waals surface area contributed by atoms with Gasteiger partial charge in [0.2, 0.25) is 22.1 Å². The fourth-order valence-corrected chi connectivity index (χ4v) is 5.32. The first-order valence-electron chi connectivity index (χ1n) is 11.6. The minimum atomic E-state index is -0.0408. The molecule has 8 nitrogen and oxygen atoms in total. The van der Waals surface area contributed by atoms with E-state index in [0.717, 1.165) is 57.0 Å².